The summed E-state index contributed by atoms with van der Waals surface area (Å²) in [5.74, 6) is 0.376. The van der Waals surface area contributed by atoms with E-state index in [0.717, 1.165) is 31.4 Å². The molecule has 3 aromatic heterocycles. The van der Waals surface area contributed by atoms with Crippen molar-refractivity contribution in [3.05, 3.63) is 75.8 Å². The molecule has 0 saturated heterocycles. The van der Waals surface area contributed by atoms with Gasteiger partial charge >= 0.3 is 0 Å². The molecule has 3 heterocycles. The number of thiophene rings is 1. The maximum Gasteiger partial charge on any atom is 0.273 e. The SMILES string of the molecule is CCC(C)NC(=O)c1coc(CN(CCc2c[nH]c3ccccc23)Cc2sccc2C)n1. The zero-order valence-electron chi connectivity index (χ0n) is 18.9. The first kappa shape index (κ1) is 22.3. The van der Waals surface area contributed by atoms with E-state index in [1.165, 1.54) is 27.7 Å². The molecule has 1 amide bonds. The van der Waals surface area contributed by atoms with Crippen LogP contribution in [0.2, 0.25) is 0 Å². The van der Waals surface area contributed by atoms with Crippen LogP contribution in [0.1, 0.15) is 52.7 Å². The van der Waals surface area contributed by atoms with Crippen molar-refractivity contribution in [1.29, 1.82) is 0 Å². The Kier molecular flexibility index (Phi) is 7.07. The fourth-order valence-electron chi connectivity index (χ4n) is 3.68. The summed E-state index contributed by atoms with van der Waals surface area (Å²) < 4.78 is 5.67. The molecule has 0 spiro atoms. The monoisotopic (exact) mass is 450 g/mol. The van der Waals surface area contributed by atoms with E-state index in [1.807, 2.05) is 19.9 Å². The average molecular weight is 451 g/mol. The number of nitrogens with one attached hydrogen (secondary N) is 2. The van der Waals surface area contributed by atoms with Crippen molar-refractivity contribution in [2.24, 2.45) is 0 Å². The summed E-state index contributed by atoms with van der Waals surface area (Å²) in [6.45, 7) is 8.40. The highest BCUT2D eigenvalue weighted by molar-refractivity contribution is 7.10. The van der Waals surface area contributed by atoms with Crippen LogP contribution < -0.4 is 5.32 Å². The van der Waals surface area contributed by atoms with Crippen molar-refractivity contribution in [1.82, 2.24) is 20.2 Å². The van der Waals surface area contributed by atoms with Crippen LogP contribution in [0.5, 0.6) is 0 Å². The zero-order valence-corrected chi connectivity index (χ0v) is 19.7. The minimum atomic E-state index is -0.186. The Hall–Kier alpha value is -2.90. The van der Waals surface area contributed by atoms with Crippen molar-refractivity contribution in [2.45, 2.75) is 52.7 Å². The van der Waals surface area contributed by atoms with Gasteiger partial charge in [0.25, 0.3) is 5.91 Å². The molecule has 1 aromatic carbocycles. The largest absolute Gasteiger partial charge is 0.447 e. The quantitative estimate of drug-likeness (QED) is 0.344. The third-order valence-electron chi connectivity index (χ3n) is 5.84. The normalized spacial score (nSPS) is 12.5. The second kappa shape index (κ2) is 10.1. The van der Waals surface area contributed by atoms with Crippen LogP contribution in [0.25, 0.3) is 10.9 Å². The van der Waals surface area contributed by atoms with Gasteiger partial charge in [0.2, 0.25) is 5.89 Å². The Balaban J connectivity index is 1.47. The third-order valence-corrected chi connectivity index (χ3v) is 6.85. The Labute approximate surface area is 192 Å². The predicted molar refractivity (Wildman–Crippen MR) is 129 cm³/mol. The number of H-pyrrole nitrogens is 1. The molecule has 168 valence electrons. The lowest BCUT2D eigenvalue weighted by molar-refractivity contribution is 0.0934. The molecular formula is C25H30N4O2S. The Morgan fingerprint density at radius 2 is 2.12 bits per heavy atom. The Bertz CT molecular complexity index is 1180. The maximum absolute atomic E-state index is 12.4. The van der Waals surface area contributed by atoms with Crippen LogP contribution in [-0.2, 0) is 19.5 Å². The lowest BCUT2D eigenvalue weighted by atomic mass is 10.1. The molecule has 0 saturated carbocycles. The summed E-state index contributed by atoms with van der Waals surface area (Å²) in [6.07, 6.45) is 5.34. The Morgan fingerprint density at radius 1 is 1.28 bits per heavy atom. The number of oxazole rings is 1. The number of carbonyl (C=O) groups is 1. The van der Waals surface area contributed by atoms with Gasteiger partial charge in [-0.25, -0.2) is 4.98 Å². The van der Waals surface area contributed by atoms with Gasteiger partial charge in [0.1, 0.15) is 6.26 Å². The summed E-state index contributed by atoms with van der Waals surface area (Å²) in [5, 5.41) is 6.33. The molecule has 0 radical (unpaired) electrons. The molecule has 0 fully saturated rings. The second-order valence-electron chi connectivity index (χ2n) is 8.26. The molecule has 4 rings (SSSR count). The average Bonchev–Trinajstić information content (AvgIpc) is 3.52. The van der Waals surface area contributed by atoms with E-state index in [4.69, 9.17) is 4.42 Å². The summed E-state index contributed by atoms with van der Waals surface area (Å²) >= 11 is 1.77. The summed E-state index contributed by atoms with van der Waals surface area (Å²) in [7, 11) is 0. The third kappa shape index (κ3) is 5.29. The van der Waals surface area contributed by atoms with Crippen molar-refractivity contribution in [3.63, 3.8) is 0 Å². The molecule has 2 N–H and O–H groups in total. The Morgan fingerprint density at radius 3 is 2.91 bits per heavy atom. The maximum atomic E-state index is 12.4. The van der Waals surface area contributed by atoms with Crippen LogP contribution in [0.3, 0.4) is 0 Å². The van der Waals surface area contributed by atoms with Gasteiger partial charge in [-0.05, 0) is 55.3 Å². The number of nitrogens with zero attached hydrogens (tertiary/aromatic N) is 2. The first-order valence-electron chi connectivity index (χ1n) is 11.1. The molecule has 0 aliphatic rings. The zero-order chi connectivity index (χ0) is 22.5. The van der Waals surface area contributed by atoms with E-state index >= 15 is 0 Å². The van der Waals surface area contributed by atoms with Gasteiger partial charge in [0.05, 0.1) is 6.54 Å². The van der Waals surface area contributed by atoms with Crippen molar-refractivity contribution in [3.8, 4) is 0 Å². The van der Waals surface area contributed by atoms with E-state index in [9.17, 15) is 4.79 Å². The number of fused-ring (bicyclic) bond motifs is 1. The molecular weight excluding hydrogens is 420 g/mol. The molecule has 1 unspecified atom stereocenters. The minimum absolute atomic E-state index is 0.108. The standard InChI is InChI=1S/C25H30N4O2S/c1-4-18(3)27-25(30)22-16-31-24(28-22)15-29(14-23-17(2)10-12-32-23)11-9-19-13-26-21-8-6-5-7-20(19)21/h5-8,10,12-13,16,18,26H,4,9,11,14-15H2,1-3H3,(H,27,30). The smallest absolute Gasteiger partial charge is 0.273 e. The van der Waals surface area contributed by atoms with Gasteiger partial charge in [0, 0.05) is 41.1 Å². The summed E-state index contributed by atoms with van der Waals surface area (Å²) in [5.41, 5.74) is 4.10. The van der Waals surface area contributed by atoms with Crippen molar-refractivity contribution in [2.75, 3.05) is 6.54 Å². The predicted octanol–water partition coefficient (Wildman–Crippen LogP) is 5.30. The molecule has 0 bridgehead atoms. The van der Waals surface area contributed by atoms with E-state index < -0.39 is 0 Å². The van der Waals surface area contributed by atoms with E-state index in [-0.39, 0.29) is 11.9 Å². The lowest BCUT2D eigenvalue weighted by Gasteiger charge is -2.20. The molecule has 0 aliphatic carbocycles. The molecule has 7 heteroatoms. The number of aromatic nitrogens is 2. The van der Waals surface area contributed by atoms with E-state index in [0.29, 0.717) is 18.1 Å². The van der Waals surface area contributed by atoms with Gasteiger partial charge in [-0.3, -0.25) is 9.69 Å². The first-order valence-corrected chi connectivity index (χ1v) is 12.0. The highest BCUT2D eigenvalue weighted by Gasteiger charge is 2.17. The van der Waals surface area contributed by atoms with Gasteiger partial charge < -0.3 is 14.7 Å². The molecule has 32 heavy (non-hydrogen) atoms. The number of rotatable bonds is 10. The highest BCUT2D eigenvalue weighted by atomic mass is 32.1. The van der Waals surface area contributed by atoms with Crippen LogP contribution in [0, 0.1) is 6.92 Å². The molecule has 0 aliphatic heterocycles. The molecule has 6 nitrogen and oxygen atoms in total. The van der Waals surface area contributed by atoms with Crippen LogP contribution in [0.15, 0.2) is 52.6 Å². The summed E-state index contributed by atoms with van der Waals surface area (Å²) in [4.78, 5) is 23.9. The number of benzene rings is 1. The van der Waals surface area contributed by atoms with Crippen molar-refractivity contribution < 1.29 is 9.21 Å². The minimum Gasteiger partial charge on any atom is -0.447 e. The number of aromatic amines is 1. The van der Waals surface area contributed by atoms with Gasteiger partial charge in [-0.2, -0.15) is 0 Å². The summed E-state index contributed by atoms with van der Waals surface area (Å²) in [6, 6.07) is 10.6. The van der Waals surface area contributed by atoms with E-state index in [2.05, 4.69) is 63.0 Å². The lowest BCUT2D eigenvalue weighted by Crippen LogP contribution is -2.32. The van der Waals surface area contributed by atoms with Crippen LogP contribution in [0.4, 0.5) is 0 Å². The van der Waals surface area contributed by atoms with Crippen LogP contribution in [-0.4, -0.2) is 33.4 Å². The first-order chi connectivity index (χ1) is 15.5. The second-order valence-corrected chi connectivity index (χ2v) is 9.26. The van der Waals surface area contributed by atoms with Gasteiger partial charge in [-0.15, -0.1) is 11.3 Å². The highest BCUT2D eigenvalue weighted by Crippen LogP contribution is 2.22. The number of amides is 1. The number of hydrogen-bond acceptors (Lipinski definition) is 5. The molecule has 1 atom stereocenters. The number of para-hydroxylation sites is 1. The number of carbonyl (C=O) groups excluding carboxylic acids is 1. The fraction of sp³-hybridized carbons (Fsp3) is 0.360. The number of hydrogen-bond donors (Lipinski definition) is 2. The molecule has 4 aromatic rings. The van der Waals surface area contributed by atoms with E-state index in [1.54, 1.807) is 11.3 Å². The topological polar surface area (TPSA) is 74.2 Å². The fourth-order valence-corrected chi connectivity index (χ4v) is 4.63. The van der Waals surface area contributed by atoms with Crippen LogP contribution >= 0.6 is 11.3 Å². The van der Waals surface area contributed by atoms with Crippen molar-refractivity contribution >= 4 is 28.1 Å². The van der Waals surface area contributed by atoms with Gasteiger partial charge in [-0.1, -0.05) is 25.1 Å². The van der Waals surface area contributed by atoms with Gasteiger partial charge in [0.15, 0.2) is 5.69 Å². The number of aryl methyl sites for hydroxylation is 1.